The van der Waals surface area contributed by atoms with E-state index in [0.717, 1.165) is 25.7 Å². The van der Waals surface area contributed by atoms with Crippen LogP contribution in [0.3, 0.4) is 0 Å². The summed E-state index contributed by atoms with van der Waals surface area (Å²) in [5.74, 6) is -0.332. The molecule has 30 heavy (non-hydrogen) atoms. The van der Waals surface area contributed by atoms with Crippen LogP contribution in [-0.2, 0) is 4.79 Å². The van der Waals surface area contributed by atoms with Crippen molar-refractivity contribution in [3.05, 3.63) is 24.3 Å². The van der Waals surface area contributed by atoms with Crippen molar-refractivity contribution in [1.82, 2.24) is 20.6 Å². The molecule has 0 saturated heterocycles. The third-order valence-electron chi connectivity index (χ3n) is 7.51. The molecule has 7 heteroatoms. The van der Waals surface area contributed by atoms with Crippen molar-refractivity contribution in [1.29, 1.82) is 0 Å². The zero-order valence-electron chi connectivity index (χ0n) is 18.8. The molecular formula is C23H36N4O3. The second-order valence-electron chi connectivity index (χ2n) is 9.93. The van der Waals surface area contributed by atoms with Gasteiger partial charge in [-0.05, 0) is 62.7 Å². The summed E-state index contributed by atoms with van der Waals surface area (Å²) in [4.78, 5) is 33.1. The lowest BCUT2D eigenvalue weighted by Gasteiger charge is -2.56. The van der Waals surface area contributed by atoms with E-state index in [0.29, 0.717) is 5.56 Å². The number of aliphatic hydroxyl groups is 1. The van der Waals surface area contributed by atoms with Gasteiger partial charge in [-0.3, -0.25) is 9.59 Å². The zero-order chi connectivity index (χ0) is 22.1. The van der Waals surface area contributed by atoms with E-state index in [9.17, 15) is 14.7 Å². The van der Waals surface area contributed by atoms with E-state index in [4.69, 9.17) is 0 Å². The molecule has 2 fully saturated rings. The Labute approximate surface area is 179 Å². The van der Waals surface area contributed by atoms with Crippen LogP contribution in [0.25, 0.3) is 0 Å². The van der Waals surface area contributed by atoms with E-state index >= 15 is 0 Å². The van der Waals surface area contributed by atoms with E-state index in [1.807, 2.05) is 20.8 Å². The summed E-state index contributed by atoms with van der Waals surface area (Å²) in [5, 5.41) is 17.5. The Balaban J connectivity index is 1.74. The van der Waals surface area contributed by atoms with Crippen LogP contribution in [0.5, 0.6) is 0 Å². The number of fused-ring (bicyclic) bond motifs is 1. The van der Waals surface area contributed by atoms with Crippen LogP contribution in [0.2, 0.25) is 0 Å². The van der Waals surface area contributed by atoms with Crippen LogP contribution in [0, 0.1) is 29.1 Å². The Morgan fingerprint density at radius 1 is 1.17 bits per heavy atom. The molecule has 2 amide bonds. The summed E-state index contributed by atoms with van der Waals surface area (Å²) < 4.78 is 0. The van der Waals surface area contributed by atoms with Crippen LogP contribution >= 0.6 is 0 Å². The maximum absolute atomic E-state index is 12.6. The van der Waals surface area contributed by atoms with Crippen LogP contribution < -0.4 is 10.6 Å². The van der Waals surface area contributed by atoms with E-state index in [-0.39, 0.29) is 53.0 Å². The normalized spacial score (nSPS) is 34.7. The maximum Gasteiger partial charge on any atom is 0.254 e. The molecule has 0 unspecified atom stereocenters. The fraction of sp³-hybridized carbons (Fsp3) is 0.739. The third kappa shape index (κ3) is 4.51. The first-order valence-corrected chi connectivity index (χ1v) is 11.2. The van der Waals surface area contributed by atoms with Gasteiger partial charge in [0.2, 0.25) is 5.91 Å². The molecule has 2 saturated carbocycles. The Kier molecular flexibility index (Phi) is 6.80. The standard InChI is InChI=1S/C23H36N4O3/c1-13(2)26-21(29)14(3)17-6-8-23(5)9-7-18(15(4)19(23)20(17)28)27-22(30)16-10-24-12-25-11-16/h10-15,17-20,28H,6-9H2,1-5H3,(H,26,29)(H,27,30)/t14-,15+,17-,18-,19+,20-,23-/m0/s1. The quantitative estimate of drug-likeness (QED) is 0.684. The van der Waals surface area contributed by atoms with Crippen LogP contribution in [-0.4, -0.2) is 45.1 Å². The second-order valence-corrected chi connectivity index (χ2v) is 9.93. The van der Waals surface area contributed by atoms with Crippen molar-refractivity contribution >= 4 is 11.8 Å². The molecule has 7 nitrogen and oxygen atoms in total. The molecular weight excluding hydrogens is 380 g/mol. The average Bonchev–Trinajstić information content (AvgIpc) is 2.70. The number of carbonyl (C=O) groups is 2. The summed E-state index contributed by atoms with van der Waals surface area (Å²) in [7, 11) is 0. The first-order chi connectivity index (χ1) is 14.1. The number of nitrogens with one attached hydrogen (secondary N) is 2. The summed E-state index contributed by atoms with van der Waals surface area (Å²) in [6.45, 7) is 10.2. The largest absolute Gasteiger partial charge is 0.392 e. The van der Waals surface area contributed by atoms with Crippen molar-refractivity contribution in [2.75, 3.05) is 0 Å². The molecule has 0 radical (unpaired) electrons. The first kappa shape index (κ1) is 22.7. The zero-order valence-corrected chi connectivity index (χ0v) is 18.8. The van der Waals surface area contributed by atoms with Crippen LogP contribution in [0.1, 0.15) is 70.7 Å². The molecule has 3 rings (SSSR count). The van der Waals surface area contributed by atoms with Gasteiger partial charge in [-0.15, -0.1) is 0 Å². The minimum absolute atomic E-state index is 0.00930. The molecule has 0 aromatic carbocycles. The van der Waals surface area contributed by atoms with E-state index < -0.39 is 6.10 Å². The van der Waals surface area contributed by atoms with Crippen molar-refractivity contribution in [3.63, 3.8) is 0 Å². The number of rotatable bonds is 5. The number of carbonyl (C=O) groups excluding carboxylic acids is 2. The van der Waals surface area contributed by atoms with Crippen LogP contribution in [0.4, 0.5) is 0 Å². The predicted octanol–water partition coefficient (Wildman–Crippen LogP) is 2.56. The Morgan fingerprint density at radius 3 is 2.43 bits per heavy atom. The number of amides is 2. The summed E-state index contributed by atoms with van der Waals surface area (Å²) in [6, 6.07) is 0.0603. The Morgan fingerprint density at radius 2 is 1.80 bits per heavy atom. The molecule has 2 aliphatic carbocycles. The van der Waals surface area contributed by atoms with Gasteiger partial charge in [-0.2, -0.15) is 0 Å². The Hall–Kier alpha value is -2.02. The molecule has 3 N–H and O–H groups in total. The van der Waals surface area contributed by atoms with Crippen molar-refractivity contribution in [2.24, 2.45) is 29.1 Å². The number of hydrogen-bond acceptors (Lipinski definition) is 5. The SMILES string of the molecule is CC(C)NC(=O)[C@@H](C)[C@@H]1CC[C@@]2(C)CC[C@H](NC(=O)c3cncnc3)[C@@H](C)[C@@H]2[C@H]1O. The number of aromatic nitrogens is 2. The molecule has 166 valence electrons. The van der Waals surface area contributed by atoms with E-state index in [1.165, 1.54) is 18.7 Å². The molecule has 1 aromatic heterocycles. The Bertz CT molecular complexity index is 756. The lowest BCUT2D eigenvalue weighted by molar-refractivity contribution is -0.142. The van der Waals surface area contributed by atoms with Gasteiger partial charge in [-0.1, -0.05) is 20.8 Å². The lowest BCUT2D eigenvalue weighted by atomic mass is 9.51. The van der Waals surface area contributed by atoms with Crippen molar-refractivity contribution < 1.29 is 14.7 Å². The summed E-state index contributed by atoms with van der Waals surface area (Å²) in [5.41, 5.74) is 0.472. The van der Waals surface area contributed by atoms with Crippen molar-refractivity contribution in [2.45, 2.75) is 78.5 Å². The monoisotopic (exact) mass is 416 g/mol. The maximum atomic E-state index is 12.6. The van der Waals surface area contributed by atoms with Gasteiger partial charge >= 0.3 is 0 Å². The molecule has 2 aliphatic rings. The van der Waals surface area contributed by atoms with E-state index in [1.54, 1.807) is 0 Å². The smallest absolute Gasteiger partial charge is 0.254 e. The van der Waals surface area contributed by atoms with Crippen molar-refractivity contribution in [3.8, 4) is 0 Å². The van der Waals surface area contributed by atoms with Crippen LogP contribution in [0.15, 0.2) is 18.7 Å². The van der Waals surface area contributed by atoms with Gasteiger partial charge in [-0.25, -0.2) is 9.97 Å². The highest BCUT2D eigenvalue weighted by Gasteiger charge is 2.53. The highest BCUT2D eigenvalue weighted by molar-refractivity contribution is 5.93. The molecule has 1 heterocycles. The molecule has 0 bridgehead atoms. The number of hydrogen-bond donors (Lipinski definition) is 3. The van der Waals surface area contributed by atoms with Gasteiger partial charge in [0.25, 0.3) is 5.91 Å². The van der Waals surface area contributed by atoms with Gasteiger partial charge in [0.15, 0.2) is 0 Å². The topological polar surface area (TPSA) is 104 Å². The number of aliphatic hydroxyl groups excluding tert-OH is 1. The fourth-order valence-electron chi connectivity index (χ4n) is 5.78. The minimum Gasteiger partial charge on any atom is -0.392 e. The second kappa shape index (κ2) is 9.00. The average molecular weight is 417 g/mol. The summed E-state index contributed by atoms with van der Waals surface area (Å²) in [6.07, 6.45) is 7.55. The number of nitrogens with zero attached hydrogens (tertiary/aromatic N) is 2. The van der Waals surface area contributed by atoms with Gasteiger partial charge in [0.1, 0.15) is 6.33 Å². The van der Waals surface area contributed by atoms with Gasteiger partial charge in [0.05, 0.1) is 11.7 Å². The van der Waals surface area contributed by atoms with Gasteiger partial charge in [0, 0.05) is 30.4 Å². The molecule has 1 aromatic rings. The molecule has 0 aliphatic heterocycles. The molecule has 7 atom stereocenters. The van der Waals surface area contributed by atoms with E-state index in [2.05, 4.69) is 34.4 Å². The minimum atomic E-state index is -0.563. The van der Waals surface area contributed by atoms with Gasteiger partial charge < -0.3 is 15.7 Å². The fourth-order valence-corrected chi connectivity index (χ4v) is 5.78. The highest BCUT2D eigenvalue weighted by Crippen LogP contribution is 2.55. The summed E-state index contributed by atoms with van der Waals surface area (Å²) >= 11 is 0. The third-order valence-corrected chi connectivity index (χ3v) is 7.51. The lowest BCUT2D eigenvalue weighted by Crippen LogP contribution is -2.58. The molecule has 0 spiro atoms. The highest BCUT2D eigenvalue weighted by atomic mass is 16.3. The predicted molar refractivity (Wildman–Crippen MR) is 114 cm³/mol. The first-order valence-electron chi connectivity index (χ1n) is 11.2.